The highest BCUT2D eigenvalue weighted by Crippen LogP contribution is 2.21. The molecule has 5 nitrogen and oxygen atoms in total. The molecule has 0 atom stereocenters. The average Bonchev–Trinajstić information content (AvgIpc) is 2.84. The fourth-order valence-electron chi connectivity index (χ4n) is 1.33. The first-order chi connectivity index (χ1) is 8.29. The molecule has 0 bridgehead atoms. The van der Waals surface area contributed by atoms with E-state index in [0.717, 1.165) is 16.7 Å². The summed E-state index contributed by atoms with van der Waals surface area (Å²) in [5.41, 5.74) is 0. The molecule has 90 valence electrons. The summed E-state index contributed by atoms with van der Waals surface area (Å²) < 4.78 is 11.0. The zero-order chi connectivity index (χ0) is 12.1. The Morgan fingerprint density at radius 1 is 1.53 bits per heavy atom. The number of methoxy groups -OCH3 is 1. The Labute approximate surface area is 107 Å². The summed E-state index contributed by atoms with van der Waals surface area (Å²) in [7, 11) is 1.57. The molecule has 0 amide bonds. The molecule has 2 aromatic rings. The largest absolute Gasteiger partial charge is 0.480 e. The van der Waals surface area contributed by atoms with Gasteiger partial charge in [-0.25, -0.2) is 4.98 Å². The van der Waals surface area contributed by atoms with E-state index in [9.17, 15) is 0 Å². The van der Waals surface area contributed by atoms with Gasteiger partial charge in [0.1, 0.15) is 5.76 Å². The highest BCUT2D eigenvalue weighted by Gasteiger charge is 2.04. The van der Waals surface area contributed by atoms with Crippen molar-refractivity contribution >= 4 is 21.9 Å². The maximum atomic E-state index is 5.22. The lowest BCUT2D eigenvalue weighted by Gasteiger charge is -2.06. The van der Waals surface area contributed by atoms with E-state index in [1.807, 2.05) is 12.1 Å². The summed E-state index contributed by atoms with van der Waals surface area (Å²) in [6.45, 7) is 0.707. The molecule has 0 saturated heterocycles. The van der Waals surface area contributed by atoms with Gasteiger partial charge >= 0.3 is 0 Å². The molecule has 0 radical (unpaired) electrons. The molecule has 2 rings (SSSR count). The van der Waals surface area contributed by atoms with Crippen LogP contribution in [0.5, 0.6) is 5.88 Å². The van der Waals surface area contributed by atoms with Gasteiger partial charge in [0.15, 0.2) is 0 Å². The van der Waals surface area contributed by atoms with Gasteiger partial charge in [-0.15, -0.1) is 0 Å². The van der Waals surface area contributed by atoms with Crippen molar-refractivity contribution in [2.24, 2.45) is 0 Å². The van der Waals surface area contributed by atoms with E-state index in [0.29, 0.717) is 18.4 Å². The lowest BCUT2D eigenvalue weighted by atomic mass is 10.3. The van der Waals surface area contributed by atoms with Gasteiger partial charge in [-0.1, -0.05) is 0 Å². The van der Waals surface area contributed by atoms with E-state index in [2.05, 4.69) is 31.2 Å². The third kappa shape index (κ3) is 3.20. The van der Waals surface area contributed by atoms with Crippen LogP contribution in [0, 0.1) is 0 Å². The number of nitrogens with one attached hydrogen (secondary N) is 1. The molecule has 0 fully saturated rings. The average molecular weight is 298 g/mol. The minimum atomic E-state index is 0.514. The molecule has 2 heterocycles. The molecule has 0 unspecified atom stereocenters. The third-order valence-electron chi connectivity index (χ3n) is 2.14. The van der Waals surface area contributed by atoms with Gasteiger partial charge in [0.05, 0.1) is 24.0 Å². The number of halogens is 1. The van der Waals surface area contributed by atoms with Crippen molar-refractivity contribution in [2.75, 3.05) is 19.0 Å². The maximum Gasteiger partial charge on any atom is 0.232 e. The van der Waals surface area contributed by atoms with Gasteiger partial charge in [0.2, 0.25) is 11.8 Å². The second-order valence-corrected chi connectivity index (χ2v) is 4.16. The van der Waals surface area contributed by atoms with Crippen molar-refractivity contribution in [3.63, 3.8) is 0 Å². The van der Waals surface area contributed by atoms with Crippen LogP contribution in [-0.2, 0) is 6.42 Å². The van der Waals surface area contributed by atoms with E-state index in [-0.39, 0.29) is 0 Å². The van der Waals surface area contributed by atoms with Crippen LogP contribution in [0.4, 0.5) is 5.95 Å². The van der Waals surface area contributed by atoms with E-state index < -0.39 is 0 Å². The Kier molecular flexibility index (Phi) is 3.98. The fourth-order valence-corrected chi connectivity index (χ4v) is 1.69. The summed E-state index contributed by atoms with van der Waals surface area (Å²) >= 11 is 3.30. The highest BCUT2D eigenvalue weighted by atomic mass is 79.9. The lowest BCUT2D eigenvalue weighted by molar-refractivity contribution is 0.394. The van der Waals surface area contributed by atoms with Crippen molar-refractivity contribution in [1.29, 1.82) is 0 Å². The first-order valence-electron chi connectivity index (χ1n) is 5.12. The van der Waals surface area contributed by atoms with Gasteiger partial charge in [-0.3, -0.25) is 0 Å². The second-order valence-electron chi connectivity index (χ2n) is 3.31. The number of anilines is 1. The second kappa shape index (κ2) is 5.67. The van der Waals surface area contributed by atoms with E-state index >= 15 is 0 Å². The SMILES string of the molecule is COc1nc(NCCc2ccco2)ncc1Br. The van der Waals surface area contributed by atoms with Crippen LogP contribution in [0.1, 0.15) is 5.76 Å². The number of furan rings is 1. The molecule has 6 heteroatoms. The number of aromatic nitrogens is 2. The number of nitrogens with zero attached hydrogens (tertiary/aromatic N) is 2. The Morgan fingerprint density at radius 2 is 2.41 bits per heavy atom. The number of hydrogen-bond acceptors (Lipinski definition) is 5. The summed E-state index contributed by atoms with van der Waals surface area (Å²) in [5, 5.41) is 3.10. The molecule has 0 aliphatic heterocycles. The molecular weight excluding hydrogens is 286 g/mol. The molecule has 0 saturated carbocycles. The molecular formula is C11H12BrN3O2. The van der Waals surface area contributed by atoms with E-state index in [4.69, 9.17) is 9.15 Å². The van der Waals surface area contributed by atoms with Gasteiger partial charge < -0.3 is 14.5 Å². The molecule has 0 aromatic carbocycles. The minimum absolute atomic E-state index is 0.514. The zero-order valence-corrected chi connectivity index (χ0v) is 10.9. The normalized spacial score (nSPS) is 10.2. The molecule has 0 spiro atoms. The molecule has 2 aromatic heterocycles. The molecule has 0 aliphatic rings. The third-order valence-corrected chi connectivity index (χ3v) is 2.68. The van der Waals surface area contributed by atoms with Crippen LogP contribution in [0.2, 0.25) is 0 Å². The van der Waals surface area contributed by atoms with E-state index in [1.54, 1.807) is 19.6 Å². The van der Waals surface area contributed by atoms with Crippen molar-refractivity contribution < 1.29 is 9.15 Å². The van der Waals surface area contributed by atoms with Gasteiger partial charge in [-0.05, 0) is 28.1 Å². The zero-order valence-electron chi connectivity index (χ0n) is 9.31. The number of hydrogen-bond donors (Lipinski definition) is 1. The smallest absolute Gasteiger partial charge is 0.232 e. The van der Waals surface area contributed by atoms with Crippen LogP contribution in [0.25, 0.3) is 0 Å². The van der Waals surface area contributed by atoms with Crippen LogP contribution in [-0.4, -0.2) is 23.6 Å². The molecule has 17 heavy (non-hydrogen) atoms. The van der Waals surface area contributed by atoms with Crippen molar-refractivity contribution in [3.05, 3.63) is 34.8 Å². The first kappa shape index (κ1) is 11.9. The predicted molar refractivity (Wildman–Crippen MR) is 67.2 cm³/mol. The predicted octanol–water partition coefficient (Wildman–Crippen LogP) is 2.50. The van der Waals surface area contributed by atoms with Crippen LogP contribution in [0.15, 0.2) is 33.5 Å². The number of ether oxygens (including phenoxy) is 1. The summed E-state index contributed by atoms with van der Waals surface area (Å²) in [6.07, 6.45) is 4.10. The van der Waals surface area contributed by atoms with Gasteiger partial charge in [-0.2, -0.15) is 4.98 Å². The quantitative estimate of drug-likeness (QED) is 0.919. The number of rotatable bonds is 5. The van der Waals surface area contributed by atoms with Crippen LogP contribution >= 0.6 is 15.9 Å². The topological polar surface area (TPSA) is 60.2 Å². The minimum Gasteiger partial charge on any atom is -0.480 e. The summed E-state index contributed by atoms with van der Waals surface area (Å²) in [4.78, 5) is 8.31. The van der Waals surface area contributed by atoms with Crippen LogP contribution < -0.4 is 10.1 Å². The standard InChI is InChI=1S/C11H12BrN3O2/c1-16-10-9(12)7-14-11(15-10)13-5-4-8-3-2-6-17-8/h2-3,6-7H,4-5H2,1H3,(H,13,14,15). The summed E-state index contributed by atoms with van der Waals surface area (Å²) in [6, 6.07) is 3.80. The fraction of sp³-hybridized carbons (Fsp3) is 0.273. The molecule has 0 aliphatic carbocycles. The van der Waals surface area contributed by atoms with Crippen molar-refractivity contribution in [2.45, 2.75) is 6.42 Å². The maximum absolute atomic E-state index is 5.22. The van der Waals surface area contributed by atoms with Crippen molar-refractivity contribution in [3.8, 4) is 5.88 Å². The van der Waals surface area contributed by atoms with Crippen molar-refractivity contribution in [1.82, 2.24) is 9.97 Å². The Balaban J connectivity index is 1.90. The Hall–Kier alpha value is -1.56. The molecule has 1 N–H and O–H groups in total. The van der Waals surface area contributed by atoms with Crippen LogP contribution in [0.3, 0.4) is 0 Å². The van der Waals surface area contributed by atoms with Gasteiger partial charge in [0.25, 0.3) is 0 Å². The first-order valence-corrected chi connectivity index (χ1v) is 5.91. The highest BCUT2D eigenvalue weighted by molar-refractivity contribution is 9.10. The lowest BCUT2D eigenvalue weighted by Crippen LogP contribution is -2.08. The summed E-state index contributed by atoms with van der Waals surface area (Å²) in [5.74, 6) is 1.98. The monoisotopic (exact) mass is 297 g/mol. The Morgan fingerprint density at radius 3 is 3.12 bits per heavy atom. The van der Waals surface area contributed by atoms with E-state index in [1.165, 1.54) is 0 Å². The Bertz CT molecular complexity index is 474. The van der Waals surface area contributed by atoms with Gasteiger partial charge in [0, 0.05) is 13.0 Å².